The standard InChI is InChI=1S/C19H19N3OS2/c1-2-9-22-18(23)16-14-12-21(11-13-6-4-3-5-7-13)10-8-15(14)25-17(16)20-19(22)24/h2-7H,1,8-12H2,(H,20,24). The monoisotopic (exact) mass is 369 g/mol. The number of thiophene rings is 1. The summed E-state index contributed by atoms with van der Waals surface area (Å²) < 4.78 is 2.06. The number of H-pyrrole nitrogens is 1. The van der Waals surface area contributed by atoms with Crippen molar-refractivity contribution in [3.63, 3.8) is 0 Å². The molecule has 4 rings (SSSR count). The first-order valence-electron chi connectivity index (χ1n) is 8.32. The smallest absolute Gasteiger partial charge is 0.263 e. The quantitative estimate of drug-likeness (QED) is 0.561. The highest BCUT2D eigenvalue weighted by Gasteiger charge is 2.24. The predicted octanol–water partition coefficient (Wildman–Crippen LogP) is 3.86. The van der Waals surface area contributed by atoms with Gasteiger partial charge in [-0.25, -0.2) is 0 Å². The van der Waals surface area contributed by atoms with E-state index < -0.39 is 0 Å². The number of hydrogen-bond donors (Lipinski definition) is 1. The molecule has 0 unspecified atom stereocenters. The molecule has 0 saturated carbocycles. The number of allylic oxidation sites excluding steroid dienone is 1. The van der Waals surface area contributed by atoms with Crippen LogP contribution in [0.5, 0.6) is 0 Å². The Morgan fingerprint density at radius 2 is 2.12 bits per heavy atom. The Morgan fingerprint density at radius 3 is 2.88 bits per heavy atom. The third kappa shape index (κ3) is 3.01. The van der Waals surface area contributed by atoms with Gasteiger partial charge in [0, 0.05) is 31.1 Å². The van der Waals surface area contributed by atoms with Gasteiger partial charge in [0.05, 0.1) is 5.39 Å². The van der Waals surface area contributed by atoms with Crippen molar-refractivity contribution in [1.29, 1.82) is 0 Å². The van der Waals surface area contributed by atoms with Crippen molar-refractivity contribution in [1.82, 2.24) is 14.5 Å². The van der Waals surface area contributed by atoms with Crippen LogP contribution in [0.3, 0.4) is 0 Å². The fourth-order valence-electron chi connectivity index (χ4n) is 3.42. The molecular formula is C19H19N3OS2. The van der Waals surface area contributed by atoms with E-state index >= 15 is 0 Å². The molecular weight excluding hydrogens is 350 g/mol. The summed E-state index contributed by atoms with van der Waals surface area (Å²) in [6.07, 6.45) is 2.68. The number of benzene rings is 1. The second-order valence-electron chi connectivity index (χ2n) is 6.29. The first-order valence-corrected chi connectivity index (χ1v) is 9.54. The third-order valence-electron chi connectivity index (χ3n) is 4.61. The molecule has 1 aromatic carbocycles. The predicted molar refractivity (Wildman–Crippen MR) is 106 cm³/mol. The zero-order valence-electron chi connectivity index (χ0n) is 13.8. The van der Waals surface area contributed by atoms with E-state index in [1.165, 1.54) is 10.4 Å². The molecule has 128 valence electrons. The number of nitrogens with zero attached hydrogens (tertiary/aromatic N) is 2. The second kappa shape index (κ2) is 6.71. The number of fused-ring (bicyclic) bond motifs is 3. The Hall–Kier alpha value is -2.02. The minimum absolute atomic E-state index is 0.00212. The van der Waals surface area contributed by atoms with Crippen molar-refractivity contribution in [2.45, 2.75) is 26.1 Å². The zero-order chi connectivity index (χ0) is 17.4. The molecule has 3 aromatic rings. The van der Waals surface area contributed by atoms with Gasteiger partial charge in [0.25, 0.3) is 5.56 Å². The van der Waals surface area contributed by atoms with Gasteiger partial charge in [-0.1, -0.05) is 36.4 Å². The number of aromatic amines is 1. The Kier molecular flexibility index (Phi) is 4.41. The van der Waals surface area contributed by atoms with Gasteiger partial charge in [-0.05, 0) is 29.8 Å². The lowest BCUT2D eigenvalue weighted by molar-refractivity contribution is 0.248. The van der Waals surface area contributed by atoms with Crippen LogP contribution in [0.25, 0.3) is 10.2 Å². The fourth-order valence-corrected chi connectivity index (χ4v) is 4.94. The highest BCUT2D eigenvalue weighted by atomic mass is 32.1. The number of aromatic nitrogens is 2. The summed E-state index contributed by atoms with van der Waals surface area (Å²) in [6, 6.07) is 10.5. The zero-order valence-corrected chi connectivity index (χ0v) is 15.5. The summed E-state index contributed by atoms with van der Waals surface area (Å²) in [5, 5.41) is 0.799. The van der Waals surface area contributed by atoms with Gasteiger partial charge in [0.2, 0.25) is 0 Å². The molecule has 0 fully saturated rings. The van der Waals surface area contributed by atoms with Gasteiger partial charge in [-0.2, -0.15) is 0 Å². The van der Waals surface area contributed by atoms with Crippen LogP contribution in [-0.4, -0.2) is 21.0 Å². The molecule has 0 amide bonds. The molecule has 6 heteroatoms. The van der Waals surface area contributed by atoms with Crippen LogP contribution < -0.4 is 5.56 Å². The molecule has 0 atom stereocenters. The minimum atomic E-state index is -0.00212. The molecule has 1 aliphatic heterocycles. The molecule has 0 bridgehead atoms. The maximum atomic E-state index is 13.0. The van der Waals surface area contributed by atoms with E-state index in [2.05, 4.69) is 40.7 Å². The summed E-state index contributed by atoms with van der Waals surface area (Å²) in [5.41, 5.74) is 2.46. The molecule has 25 heavy (non-hydrogen) atoms. The van der Waals surface area contributed by atoms with Crippen LogP contribution in [0, 0.1) is 4.77 Å². The number of nitrogens with one attached hydrogen (secondary N) is 1. The first-order chi connectivity index (χ1) is 12.2. The average molecular weight is 370 g/mol. The molecule has 3 heterocycles. The molecule has 1 aliphatic rings. The van der Waals surface area contributed by atoms with Gasteiger partial charge in [-0.3, -0.25) is 14.3 Å². The van der Waals surface area contributed by atoms with E-state index in [1.54, 1.807) is 22.0 Å². The largest absolute Gasteiger partial charge is 0.323 e. The van der Waals surface area contributed by atoms with Crippen LogP contribution in [-0.2, 0) is 26.1 Å². The second-order valence-corrected chi connectivity index (χ2v) is 7.78. The number of rotatable bonds is 4. The number of hydrogen-bond acceptors (Lipinski definition) is 4. The normalized spacial score (nSPS) is 14.6. The van der Waals surface area contributed by atoms with Crippen molar-refractivity contribution < 1.29 is 0 Å². The molecule has 2 aromatic heterocycles. The van der Waals surface area contributed by atoms with Gasteiger partial charge in [0.15, 0.2) is 4.77 Å². The summed E-state index contributed by atoms with van der Waals surface area (Å²) in [4.78, 5) is 20.8. The Balaban J connectivity index is 1.75. The Morgan fingerprint density at radius 1 is 1.32 bits per heavy atom. The van der Waals surface area contributed by atoms with Crippen molar-refractivity contribution in [2.75, 3.05) is 6.54 Å². The van der Waals surface area contributed by atoms with Gasteiger partial charge in [-0.15, -0.1) is 17.9 Å². The highest BCUT2D eigenvalue weighted by molar-refractivity contribution is 7.71. The average Bonchev–Trinajstić information content (AvgIpc) is 2.97. The van der Waals surface area contributed by atoms with Gasteiger partial charge >= 0.3 is 0 Å². The Labute approximate surface area is 155 Å². The summed E-state index contributed by atoms with van der Waals surface area (Å²) in [5.74, 6) is 0. The van der Waals surface area contributed by atoms with E-state index in [4.69, 9.17) is 12.2 Å². The SMILES string of the molecule is C=CCn1c(=S)[nH]c2sc3c(c2c1=O)CN(Cc1ccccc1)CC3. The van der Waals surface area contributed by atoms with Crippen molar-refractivity contribution in [2.24, 2.45) is 0 Å². The molecule has 0 radical (unpaired) electrons. The molecule has 0 aliphatic carbocycles. The lowest BCUT2D eigenvalue weighted by Crippen LogP contribution is -2.30. The molecule has 1 N–H and O–H groups in total. The van der Waals surface area contributed by atoms with Crippen LogP contribution in [0.2, 0.25) is 0 Å². The summed E-state index contributed by atoms with van der Waals surface area (Å²) in [6.45, 7) is 6.88. The topological polar surface area (TPSA) is 41.0 Å². The van der Waals surface area contributed by atoms with Crippen LogP contribution in [0.4, 0.5) is 0 Å². The van der Waals surface area contributed by atoms with Crippen molar-refractivity contribution >= 4 is 33.8 Å². The molecule has 0 spiro atoms. The van der Waals surface area contributed by atoms with Crippen molar-refractivity contribution in [3.8, 4) is 0 Å². The van der Waals surface area contributed by atoms with Gasteiger partial charge in [0.1, 0.15) is 4.83 Å². The lowest BCUT2D eigenvalue weighted by Gasteiger charge is -2.27. The van der Waals surface area contributed by atoms with E-state index in [1.807, 2.05) is 6.07 Å². The van der Waals surface area contributed by atoms with E-state index in [-0.39, 0.29) is 5.56 Å². The van der Waals surface area contributed by atoms with Crippen LogP contribution in [0.1, 0.15) is 16.0 Å². The van der Waals surface area contributed by atoms with E-state index in [0.717, 1.165) is 41.8 Å². The first kappa shape index (κ1) is 16.4. The van der Waals surface area contributed by atoms with Crippen LogP contribution in [0.15, 0.2) is 47.8 Å². The summed E-state index contributed by atoms with van der Waals surface area (Å²) in [7, 11) is 0. The van der Waals surface area contributed by atoms with E-state index in [9.17, 15) is 4.79 Å². The fraction of sp³-hybridized carbons (Fsp3) is 0.263. The maximum Gasteiger partial charge on any atom is 0.263 e. The van der Waals surface area contributed by atoms with Crippen molar-refractivity contribution in [3.05, 3.63) is 74.1 Å². The molecule has 4 nitrogen and oxygen atoms in total. The van der Waals surface area contributed by atoms with Crippen LogP contribution >= 0.6 is 23.6 Å². The summed E-state index contributed by atoms with van der Waals surface area (Å²) >= 11 is 7.01. The third-order valence-corrected chi connectivity index (χ3v) is 6.14. The highest BCUT2D eigenvalue weighted by Crippen LogP contribution is 2.32. The Bertz CT molecular complexity index is 1050. The van der Waals surface area contributed by atoms with Gasteiger partial charge < -0.3 is 4.98 Å². The minimum Gasteiger partial charge on any atom is -0.323 e. The molecule has 0 saturated heterocycles. The maximum absolute atomic E-state index is 13.0. The van der Waals surface area contributed by atoms with E-state index in [0.29, 0.717) is 11.3 Å². The lowest BCUT2D eigenvalue weighted by atomic mass is 10.1.